The van der Waals surface area contributed by atoms with Gasteiger partial charge in [0.2, 0.25) is 0 Å². The Kier molecular flexibility index (Phi) is 2.95. The molecule has 1 atom stereocenters. The fraction of sp³-hybridized carbons (Fsp3) is 0.188. The van der Waals surface area contributed by atoms with Crippen LogP contribution in [0.4, 0.5) is 5.69 Å². The second-order valence-corrected chi connectivity index (χ2v) is 4.72. The van der Waals surface area contributed by atoms with Crippen molar-refractivity contribution in [3.8, 4) is 5.75 Å². The van der Waals surface area contributed by atoms with Gasteiger partial charge in [-0.3, -0.25) is 4.79 Å². The van der Waals surface area contributed by atoms with Crippen LogP contribution < -0.4 is 10.1 Å². The van der Waals surface area contributed by atoms with Crippen molar-refractivity contribution in [2.24, 2.45) is 0 Å². The summed E-state index contributed by atoms with van der Waals surface area (Å²) in [5, 5.41) is 2.92. The number of fused-ring (bicyclic) bond motifs is 1. The Morgan fingerprint density at radius 1 is 1.16 bits per heavy atom. The predicted octanol–water partition coefficient (Wildman–Crippen LogP) is 2.94. The summed E-state index contributed by atoms with van der Waals surface area (Å²) in [6.45, 7) is 1.97. The molecule has 3 rings (SSSR count). The topological polar surface area (TPSA) is 38.3 Å². The van der Waals surface area contributed by atoms with E-state index in [0.717, 1.165) is 22.6 Å². The molecule has 0 aromatic heterocycles. The Balaban J connectivity index is 1.72. The number of hydrogen-bond donors (Lipinski definition) is 1. The Morgan fingerprint density at radius 3 is 2.68 bits per heavy atom. The summed E-state index contributed by atoms with van der Waals surface area (Å²) in [7, 11) is 0. The standard InChI is InChI=1S/C16H15NO2/c1-11-6-2-4-8-13(11)17-16(18)15-10-12-7-3-5-9-14(12)19-15/h2-9,15H,10H2,1H3,(H,17,18)/t15-/m0/s1. The maximum Gasteiger partial charge on any atom is 0.265 e. The van der Waals surface area contributed by atoms with E-state index in [0.29, 0.717) is 6.42 Å². The third-order valence-corrected chi connectivity index (χ3v) is 3.34. The lowest BCUT2D eigenvalue weighted by atomic mass is 10.1. The molecule has 3 heteroatoms. The van der Waals surface area contributed by atoms with Crippen molar-refractivity contribution in [3.05, 3.63) is 59.7 Å². The molecule has 19 heavy (non-hydrogen) atoms. The average Bonchev–Trinajstić information content (AvgIpc) is 2.85. The van der Waals surface area contributed by atoms with Gasteiger partial charge in [0.1, 0.15) is 5.75 Å². The van der Waals surface area contributed by atoms with Gasteiger partial charge in [-0.2, -0.15) is 0 Å². The van der Waals surface area contributed by atoms with Gasteiger partial charge in [-0.1, -0.05) is 36.4 Å². The van der Waals surface area contributed by atoms with Crippen LogP contribution in [0.15, 0.2) is 48.5 Å². The lowest BCUT2D eigenvalue weighted by Gasteiger charge is -2.12. The number of amides is 1. The van der Waals surface area contributed by atoms with Crippen molar-refractivity contribution >= 4 is 11.6 Å². The molecule has 0 saturated carbocycles. The van der Waals surface area contributed by atoms with Gasteiger partial charge >= 0.3 is 0 Å². The number of benzene rings is 2. The van der Waals surface area contributed by atoms with E-state index in [1.807, 2.05) is 55.5 Å². The van der Waals surface area contributed by atoms with E-state index in [1.165, 1.54) is 0 Å². The first-order valence-electron chi connectivity index (χ1n) is 6.35. The van der Waals surface area contributed by atoms with E-state index in [1.54, 1.807) is 0 Å². The predicted molar refractivity (Wildman–Crippen MR) is 74.4 cm³/mol. The van der Waals surface area contributed by atoms with Crippen molar-refractivity contribution in [3.63, 3.8) is 0 Å². The lowest BCUT2D eigenvalue weighted by Crippen LogP contribution is -2.31. The fourth-order valence-electron chi connectivity index (χ4n) is 2.25. The van der Waals surface area contributed by atoms with Crippen LogP contribution in [0.1, 0.15) is 11.1 Å². The first kappa shape index (κ1) is 11.8. The Labute approximate surface area is 112 Å². The van der Waals surface area contributed by atoms with Crippen LogP contribution in [0.5, 0.6) is 5.75 Å². The van der Waals surface area contributed by atoms with Crippen LogP contribution in [0.2, 0.25) is 0 Å². The highest BCUT2D eigenvalue weighted by molar-refractivity contribution is 5.95. The molecule has 1 aliphatic heterocycles. The highest BCUT2D eigenvalue weighted by Gasteiger charge is 2.28. The molecule has 0 saturated heterocycles. The highest BCUT2D eigenvalue weighted by atomic mass is 16.5. The lowest BCUT2D eigenvalue weighted by molar-refractivity contribution is -0.122. The van der Waals surface area contributed by atoms with E-state index in [4.69, 9.17) is 4.74 Å². The molecule has 3 nitrogen and oxygen atoms in total. The zero-order chi connectivity index (χ0) is 13.2. The van der Waals surface area contributed by atoms with Crippen molar-refractivity contribution < 1.29 is 9.53 Å². The Hall–Kier alpha value is -2.29. The smallest absolute Gasteiger partial charge is 0.265 e. The second-order valence-electron chi connectivity index (χ2n) is 4.72. The number of rotatable bonds is 2. The van der Waals surface area contributed by atoms with Gasteiger partial charge in [-0.25, -0.2) is 0 Å². The van der Waals surface area contributed by atoms with Crippen LogP contribution in [-0.4, -0.2) is 12.0 Å². The minimum atomic E-state index is -0.433. The number of aryl methyl sites for hydroxylation is 1. The zero-order valence-electron chi connectivity index (χ0n) is 10.7. The van der Waals surface area contributed by atoms with E-state index >= 15 is 0 Å². The molecule has 1 aliphatic rings. The van der Waals surface area contributed by atoms with Gasteiger partial charge in [0.25, 0.3) is 5.91 Å². The van der Waals surface area contributed by atoms with Gasteiger partial charge < -0.3 is 10.1 Å². The molecular weight excluding hydrogens is 238 g/mol. The molecule has 1 heterocycles. The van der Waals surface area contributed by atoms with Crippen LogP contribution in [0.25, 0.3) is 0 Å². The van der Waals surface area contributed by atoms with Gasteiger partial charge in [0.05, 0.1) is 0 Å². The van der Waals surface area contributed by atoms with Crippen molar-refractivity contribution in [2.45, 2.75) is 19.4 Å². The normalized spacial score (nSPS) is 16.6. The highest BCUT2D eigenvalue weighted by Crippen LogP contribution is 2.28. The monoisotopic (exact) mass is 253 g/mol. The van der Waals surface area contributed by atoms with Gasteiger partial charge in [-0.15, -0.1) is 0 Å². The van der Waals surface area contributed by atoms with Gasteiger partial charge in [0.15, 0.2) is 6.10 Å². The molecule has 0 spiro atoms. The van der Waals surface area contributed by atoms with E-state index < -0.39 is 6.10 Å². The summed E-state index contributed by atoms with van der Waals surface area (Å²) < 4.78 is 5.67. The molecule has 96 valence electrons. The third kappa shape index (κ3) is 2.32. The number of ether oxygens (including phenoxy) is 1. The van der Waals surface area contributed by atoms with Gasteiger partial charge in [-0.05, 0) is 30.2 Å². The molecule has 0 aliphatic carbocycles. The zero-order valence-corrected chi connectivity index (χ0v) is 10.7. The maximum atomic E-state index is 12.2. The Morgan fingerprint density at radius 2 is 1.89 bits per heavy atom. The number of carbonyl (C=O) groups excluding carboxylic acids is 1. The summed E-state index contributed by atoms with van der Waals surface area (Å²) in [5.74, 6) is 0.720. The minimum absolute atomic E-state index is 0.0921. The average molecular weight is 253 g/mol. The molecule has 0 radical (unpaired) electrons. The van der Waals surface area contributed by atoms with E-state index in [-0.39, 0.29) is 5.91 Å². The molecule has 0 bridgehead atoms. The maximum absolute atomic E-state index is 12.2. The summed E-state index contributed by atoms with van der Waals surface area (Å²) in [6, 6.07) is 15.5. The molecule has 0 fully saturated rings. The number of hydrogen-bond acceptors (Lipinski definition) is 2. The van der Waals surface area contributed by atoms with Crippen LogP contribution >= 0.6 is 0 Å². The summed E-state index contributed by atoms with van der Waals surface area (Å²) >= 11 is 0. The number of anilines is 1. The second kappa shape index (κ2) is 4.76. The third-order valence-electron chi connectivity index (χ3n) is 3.34. The van der Waals surface area contributed by atoms with Crippen molar-refractivity contribution in [1.82, 2.24) is 0 Å². The van der Waals surface area contributed by atoms with Crippen LogP contribution in [0, 0.1) is 6.92 Å². The molecule has 0 unspecified atom stereocenters. The van der Waals surface area contributed by atoms with Crippen molar-refractivity contribution in [2.75, 3.05) is 5.32 Å². The summed E-state index contributed by atoms with van der Waals surface area (Å²) in [6.07, 6.45) is 0.199. The number of carbonyl (C=O) groups is 1. The molecule has 1 N–H and O–H groups in total. The minimum Gasteiger partial charge on any atom is -0.480 e. The quantitative estimate of drug-likeness (QED) is 0.893. The SMILES string of the molecule is Cc1ccccc1NC(=O)[C@@H]1Cc2ccccc2O1. The van der Waals surface area contributed by atoms with E-state index in [2.05, 4.69) is 5.32 Å². The first-order valence-corrected chi connectivity index (χ1v) is 6.35. The first-order chi connectivity index (χ1) is 9.24. The molecule has 2 aromatic carbocycles. The summed E-state index contributed by atoms with van der Waals surface area (Å²) in [5.41, 5.74) is 2.98. The van der Waals surface area contributed by atoms with Crippen LogP contribution in [-0.2, 0) is 11.2 Å². The molecule has 1 amide bonds. The largest absolute Gasteiger partial charge is 0.480 e. The van der Waals surface area contributed by atoms with Gasteiger partial charge in [0, 0.05) is 12.1 Å². The Bertz CT molecular complexity index is 597. The van der Waals surface area contributed by atoms with Crippen LogP contribution in [0.3, 0.4) is 0 Å². The number of nitrogens with one attached hydrogen (secondary N) is 1. The molecular formula is C16H15NO2. The summed E-state index contributed by atoms with van der Waals surface area (Å²) in [4.78, 5) is 12.2. The van der Waals surface area contributed by atoms with Crippen molar-refractivity contribution in [1.29, 1.82) is 0 Å². The molecule has 2 aromatic rings. The number of para-hydroxylation sites is 2. The fourth-order valence-corrected chi connectivity index (χ4v) is 2.25. The van der Waals surface area contributed by atoms with E-state index in [9.17, 15) is 4.79 Å².